The van der Waals surface area contributed by atoms with Crippen molar-refractivity contribution in [3.05, 3.63) is 41.1 Å². The summed E-state index contributed by atoms with van der Waals surface area (Å²) in [6.45, 7) is 3.49. The molecular weight excluding hydrogens is 316 g/mol. The molecule has 0 bridgehead atoms. The van der Waals surface area contributed by atoms with E-state index in [1.807, 2.05) is 13.0 Å². The van der Waals surface area contributed by atoms with Gasteiger partial charge in [-0.1, -0.05) is 6.92 Å². The summed E-state index contributed by atoms with van der Waals surface area (Å²) in [6, 6.07) is 1.86. The van der Waals surface area contributed by atoms with Gasteiger partial charge in [-0.2, -0.15) is 4.74 Å². The van der Waals surface area contributed by atoms with Gasteiger partial charge in [-0.3, -0.25) is 0 Å². The summed E-state index contributed by atoms with van der Waals surface area (Å²) in [6.07, 6.45) is 4.92. The number of allylic oxidation sites excluding steroid dienone is 1. The van der Waals surface area contributed by atoms with Crippen LogP contribution in [0.15, 0.2) is 24.5 Å². The number of imidazole rings is 1. The molecule has 122 valence electrons. The van der Waals surface area contributed by atoms with Crippen LogP contribution in [0.3, 0.4) is 0 Å². The lowest BCUT2D eigenvalue weighted by atomic mass is 10.1. The molecule has 0 N–H and O–H groups in total. The lowest BCUT2D eigenvalue weighted by molar-refractivity contribution is -0.381. The second-order valence-electron chi connectivity index (χ2n) is 5.62. The van der Waals surface area contributed by atoms with Gasteiger partial charge in [0, 0.05) is 19.0 Å². The quantitative estimate of drug-likeness (QED) is 0.623. The van der Waals surface area contributed by atoms with E-state index in [1.165, 1.54) is 6.20 Å². The van der Waals surface area contributed by atoms with Crippen LogP contribution in [0, 0.1) is 12.1 Å². The molecular formula is C15H18N4O3S. The third-order valence-corrected chi connectivity index (χ3v) is 6.13. The molecule has 0 spiro atoms. The molecule has 0 radical (unpaired) electrons. The molecule has 2 aromatic heterocycles. The summed E-state index contributed by atoms with van der Waals surface area (Å²) < 4.78 is 27.1. The van der Waals surface area contributed by atoms with Crippen molar-refractivity contribution in [3.63, 3.8) is 0 Å². The summed E-state index contributed by atoms with van der Waals surface area (Å²) in [5.74, 6) is 0.323. The van der Waals surface area contributed by atoms with E-state index < -0.39 is 15.1 Å². The summed E-state index contributed by atoms with van der Waals surface area (Å²) in [5.41, 5.74) is 2.37. The molecule has 1 aliphatic heterocycles. The van der Waals surface area contributed by atoms with E-state index in [0.717, 1.165) is 5.56 Å². The molecule has 0 saturated carbocycles. The van der Waals surface area contributed by atoms with Crippen LogP contribution in [0.4, 0.5) is 0 Å². The summed E-state index contributed by atoms with van der Waals surface area (Å²) in [7, 11) is -1.68. The van der Waals surface area contributed by atoms with Crippen LogP contribution in [0.2, 0.25) is 0 Å². The molecule has 7 nitrogen and oxygen atoms in total. The third kappa shape index (κ3) is 2.52. The van der Waals surface area contributed by atoms with Gasteiger partial charge in [0.1, 0.15) is 5.52 Å². The Hall–Kier alpha value is -2.22. The van der Waals surface area contributed by atoms with E-state index in [1.54, 1.807) is 30.8 Å². The number of hydroxylamine groups is 1. The first kappa shape index (κ1) is 15.7. The highest BCUT2D eigenvalue weighted by atomic mass is 32.2. The number of aromatic nitrogens is 3. The summed E-state index contributed by atoms with van der Waals surface area (Å²) >= 11 is 0. The zero-order chi connectivity index (χ0) is 16.8. The minimum absolute atomic E-state index is 0.0237. The molecule has 0 aliphatic carbocycles. The maximum atomic E-state index is 12.4. The Balaban J connectivity index is 2.26. The van der Waals surface area contributed by atoms with Gasteiger partial charge in [0.25, 0.3) is 5.71 Å². The summed E-state index contributed by atoms with van der Waals surface area (Å²) in [4.78, 5) is 8.80. The second-order valence-corrected chi connectivity index (χ2v) is 8.09. The van der Waals surface area contributed by atoms with Crippen LogP contribution < -0.4 is 0 Å². The van der Waals surface area contributed by atoms with Crippen LogP contribution in [-0.2, 0) is 16.9 Å². The number of pyridine rings is 1. The minimum Gasteiger partial charge on any atom is -0.618 e. The number of hydrogen-bond acceptors (Lipinski definition) is 5. The number of rotatable bonds is 3. The molecule has 1 aliphatic rings. The van der Waals surface area contributed by atoms with Crippen molar-refractivity contribution in [1.29, 1.82) is 0 Å². The van der Waals surface area contributed by atoms with Crippen molar-refractivity contribution in [3.8, 4) is 0 Å². The van der Waals surface area contributed by atoms with E-state index in [2.05, 4.69) is 9.97 Å². The predicted octanol–water partition coefficient (Wildman–Crippen LogP) is 1.30. The first-order valence-electron chi connectivity index (χ1n) is 7.36. The highest BCUT2D eigenvalue weighted by molar-refractivity contribution is 7.92. The minimum atomic E-state index is -3.42. The molecule has 0 fully saturated rings. The largest absolute Gasteiger partial charge is 0.618 e. The van der Waals surface area contributed by atoms with Gasteiger partial charge < -0.3 is 9.77 Å². The number of aryl methyl sites for hydroxylation is 2. The van der Waals surface area contributed by atoms with Gasteiger partial charge in [-0.25, -0.2) is 18.4 Å². The Bertz CT molecular complexity index is 941. The average molecular weight is 334 g/mol. The molecule has 3 heterocycles. The molecule has 0 saturated heterocycles. The van der Waals surface area contributed by atoms with Crippen molar-refractivity contribution in [1.82, 2.24) is 14.5 Å². The number of fused-ring (bicyclic) bond motifs is 1. The second kappa shape index (κ2) is 5.45. The van der Waals surface area contributed by atoms with Gasteiger partial charge >= 0.3 is 0 Å². The van der Waals surface area contributed by atoms with Gasteiger partial charge in [0.2, 0.25) is 5.82 Å². The molecule has 3 rings (SSSR count). The first-order chi connectivity index (χ1) is 10.8. The lowest BCUT2D eigenvalue weighted by Crippen LogP contribution is -2.39. The normalized spacial score (nSPS) is 18.8. The average Bonchev–Trinajstić information content (AvgIpc) is 2.83. The Kier molecular flexibility index (Phi) is 3.71. The first-order valence-corrected chi connectivity index (χ1v) is 9.07. The molecule has 2 aromatic rings. The Morgan fingerprint density at radius 1 is 1.48 bits per heavy atom. The fourth-order valence-electron chi connectivity index (χ4n) is 2.78. The molecule has 23 heavy (non-hydrogen) atoms. The van der Waals surface area contributed by atoms with Crippen LogP contribution in [0.5, 0.6) is 0 Å². The fraction of sp³-hybridized carbons (Fsp3) is 0.400. The highest BCUT2D eigenvalue weighted by Gasteiger charge is 2.39. The van der Waals surface area contributed by atoms with Crippen LogP contribution in [0.1, 0.15) is 24.7 Å². The Labute approximate surface area is 134 Å². The Morgan fingerprint density at radius 3 is 2.91 bits per heavy atom. The molecule has 1 unspecified atom stereocenters. The van der Waals surface area contributed by atoms with Crippen molar-refractivity contribution >= 4 is 26.7 Å². The molecule has 0 amide bonds. The zero-order valence-corrected chi connectivity index (χ0v) is 14.0. The van der Waals surface area contributed by atoms with Crippen molar-refractivity contribution < 1.29 is 13.2 Å². The monoisotopic (exact) mass is 334 g/mol. The SMILES string of the molecule is CCS(=O)(=O)C1CC=C[N+]([O-])=C1c1nc2cc(C)cnc2n1C. The van der Waals surface area contributed by atoms with E-state index in [9.17, 15) is 13.6 Å². The van der Waals surface area contributed by atoms with Gasteiger partial charge in [0.05, 0.1) is 0 Å². The van der Waals surface area contributed by atoms with Crippen LogP contribution in [0.25, 0.3) is 11.2 Å². The molecule has 8 heteroatoms. The van der Waals surface area contributed by atoms with Crippen LogP contribution in [-0.4, -0.2) is 44.4 Å². The third-order valence-electron chi connectivity index (χ3n) is 4.04. The van der Waals surface area contributed by atoms with Crippen LogP contribution >= 0.6 is 0 Å². The number of hydrogen-bond donors (Lipinski definition) is 0. The van der Waals surface area contributed by atoms with Crippen molar-refractivity contribution in [2.24, 2.45) is 7.05 Å². The zero-order valence-electron chi connectivity index (χ0n) is 13.2. The standard InChI is InChI=1S/C15H18N4O3S/c1-4-23(21,22)12-6-5-7-19(20)13(12)15-17-11-8-10(2)9-16-14(11)18(15)3/h5,7-9,12H,4,6H2,1-3H3. The maximum Gasteiger partial charge on any atom is 0.254 e. The van der Waals surface area contributed by atoms with Crippen molar-refractivity contribution in [2.75, 3.05) is 5.75 Å². The van der Waals surface area contributed by atoms with Gasteiger partial charge in [-0.05, 0) is 31.1 Å². The summed E-state index contributed by atoms with van der Waals surface area (Å²) in [5, 5.41) is 11.4. The van der Waals surface area contributed by atoms with E-state index >= 15 is 0 Å². The molecule has 0 aromatic carbocycles. The number of nitrogens with zero attached hydrogens (tertiary/aromatic N) is 4. The van der Waals surface area contributed by atoms with E-state index in [4.69, 9.17) is 0 Å². The molecule has 1 atom stereocenters. The lowest BCUT2D eigenvalue weighted by Gasteiger charge is -2.19. The van der Waals surface area contributed by atoms with E-state index in [-0.39, 0.29) is 17.9 Å². The van der Waals surface area contributed by atoms with Gasteiger partial charge in [0.15, 0.2) is 26.9 Å². The predicted molar refractivity (Wildman–Crippen MR) is 88.0 cm³/mol. The maximum absolute atomic E-state index is 12.4. The Morgan fingerprint density at radius 2 is 2.22 bits per heavy atom. The smallest absolute Gasteiger partial charge is 0.254 e. The van der Waals surface area contributed by atoms with E-state index in [0.29, 0.717) is 21.7 Å². The topological polar surface area (TPSA) is 90.9 Å². The van der Waals surface area contributed by atoms with Crippen molar-refractivity contribution in [2.45, 2.75) is 25.5 Å². The highest BCUT2D eigenvalue weighted by Crippen LogP contribution is 2.22. The van der Waals surface area contributed by atoms with Gasteiger partial charge in [-0.15, -0.1) is 0 Å². The fourth-order valence-corrected chi connectivity index (χ4v) is 4.14. The number of sulfone groups is 1.